The normalized spacial score (nSPS) is 11.0. The third-order valence-electron chi connectivity index (χ3n) is 5.12. The Morgan fingerprint density at radius 2 is 1.47 bits per heavy atom. The minimum absolute atomic E-state index is 0.123. The number of aryl methyl sites for hydroxylation is 2. The van der Waals surface area contributed by atoms with Gasteiger partial charge in [-0.05, 0) is 17.2 Å². The molecule has 0 atom stereocenters. The van der Waals surface area contributed by atoms with Gasteiger partial charge in [-0.3, -0.25) is 13.9 Å². The molecule has 0 bridgehead atoms. The van der Waals surface area contributed by atoms with E-state index in [1.807, 2.05) is 60.7 Å². The lowest BCUT2D eigenvalue weighted by Gasteiger charge is -2.10. The zero-order valence-corrected chi connectivity index (χ0v) is 16.7. The molecular formula is C23H21N3O4. The molecule has 0 aliphatic heterocycles. The average molecular weight is 403 g/mol. The number of nitrogens with zero attached hydrogens (tertiary/aromatic N) is 3. The molecule has 0 saturated carbocycles. The van der Waals surface area contributed by atoms with E-state index in [9.17, 15) is 14.4 Å². The van der Waals surface area contributed by atoms with E-state index < -0.39 is 17.2 Å². The second-order valence-electron chi connectivity index (χ2n) is 7.11. The first kappa shape index (κ1) is 19.4. The highest BCUT2D eigenvalue weighted by molar-refractivity contribution is 5.94. The zero-order chi connectivity index (χ0) is 21.3. The Morgan fingerprint density at radius 1 is 0.867 bits per heavy atom. The molecule has 0 unspecified atom stereocenters. The molecule has 0 saturated heterocycles. The summed E-state index contributed by atoms with van der Waals surface area (Å²) in [5.74, 6) is -0.556. The van der Waals surface area contributed by atoms with E-state index in [2.05, 4.69) is 0 Å². The lowest BCUT2D eigenvalue weighted by molar-refractivity contribution is 0.0462. The molecule has 2 aromatic carbocycles. The van der Waals surface area contributed by atoms with Crippen molar-refractivity contribution in [2.75, 3.05) is 0 Å². The summed E-state index contributed by atoms with van der Waals surface area (Å²) in [4.78, 5) is 38.6. The Labute approximate surface area is 172 Å². The van der Waals surface area contributed by atoms with Crippen LogP contribution in [0, 0.1) is 0 Å². The Hall–Kier alpha value is -3.87. The smallest absolute Gasteiger partial charge is 0.355 e. The molecule has 2 heterocycles. The Balaban J connectivity index is 1.73. The van der Waals surface area contributed by atoms with Gasteiger partial charge < -0.3 is 9.30 Å². The van der Waals surface area contributed by atoms with Gasteiger partial charge in [0.15, 0.2) is 0 Å². The quantitative estimate of drug-likeness (QED) is 0.480. The van der Waals surface area contributed by atoms with Gasteiger partial charge in [-0.1, -0.05) is 60.7 Å². The van der Waals surface area contributed by atoms with Crippen LogP contribution in [0.3, 0.4) is 0 Å². The van der Waals surface area contributed by atoms with E-state index in [0.29, 0.717) is 11.0 Å². The second kappa shape index (κ2) is 7.87. The molecule has 7 nitrogen and oxygen atoms in total. The largest absolute Gasteiger partial charge is 0.456 e. The fourth-order valence-corrected chi connectivity index (χ4v) is 3.56. The molecule has 0 amide bonds. The van der Waals surface area contributed by atoms with Gasteiger partial charge in [0.2, 0.25) is 0 Å². The van der Waals surface area contributed by atoms with Crippen LogP contribution in [-0.2, 0) is 32.0 Å². The van der Waals surface area contributed by atoms with Crippen molar-refractivity contribution >= 4 is 17.0 Å². The molecule has 0 aliphatic carbocycles. The fourth-order valence-electron chi connectivity index (χ4n) is 3.56. The maximum absolute atomic E-state index is 13.1. The van der Waals surface area contributed by atoms with Crippen LogP contribution in [0.25, 0.3) is 11.0 Å². The lowest BCUT2D eigenvalue weighted by atomic mass is 10.2. The van der Waals surface area contributed by atoms with Gasteiger partial charge in [0.05, 0.1) is 11.9 Å². The summed E-state index contributed by atoms with van der Waals surface area (Å²) < 4.78 is 9.49. The van der Waals surface area contributed by atoms with Crippen LogP contribution >= 0.6 is 0 Å². The molecule has 30 heavy (non-hydrogen) atoms. The SMILES string of the molecule is Cn1c(C(=O)OCc2ccccc2)cc2c(=O)n(Cc3ccccc3)c(=O)n(C)c21. The van der Waals surface area contributed by atoms with Gasteiger partial charge in [0.25, 0.3) is 5.56 Å². The summed E-state index contributed by atoms with van der Waals surface area (Å²) in [6.45, 7) is 0.281. The first-order valence-electron chi connectivity index (χ1n) is 9.51. The number of hydrogen-bond acceptors (Lipinski definition) is 4. The lowest BCUT2D eigenvalue weighted by Crippen LogP contribution is -2.39. The van der Waals surface area contributed by atoms with Crippen LogP contribution in [0.1, 0.15) is 21.6 Å². The minimum Gasteiger partial charge on any atom is -0.456 e. The van der Waals surface area contributed by atoms with Crippen molar-refractivity contribution in [2.24, 2.45) is 14.1 Å². The first-order chi connectivity index (χ1) is 14.5. The molecule has 152 valence electrons. The third kappa shape index (κ3) is 3.45. The maximum Gasteiger partial charge on any atom is 0.355 e. The van der Waals surface area contributed by atoms with Crippen LogP contribution in [-0.4, -0.2) is 19.7 Å². The van der Waals surface area contributed by atoms with Gasteiger partial charge in [-0.15, -0.1) is 0 Å². The van der Waals surface area contributed by atoms with E-state index in [1.54, 1.807) is 14.1 Å². The summed E-state index contributed by atoms with van der Waals surface area (Å²) in [5.41, 5.74) is 1.42. The van der Waals surface area contributed by atoms with Crippen molar-refractivity contribution in [3.05, 3.63) is 104 Å². The minimum atomic E-state index is -0.556. The van der Waals surface area contributed by atoms with E-state index >= 15 is 0 Å². The van der Waals surface area contributed by atoms with Crippen LogP contribution < -0.4 is 11.2 Å². The number of carbonyl (C=O) groups is 1. The second-order valence-corrected chi connectivity index (χ2v) is 7.11. The van der Waals surface area contributed by atoms with Crippen molar-refractivity contribution in [3.63, 3.8) is 0 Å². The number of carbonyl (C=O) groups excluding carboxylic acids is 1. The number of esters is 1. The summed E-state index contributed by atoms with van der Waals surface area (Å²) in [6.07, 6.45) is 0. The number of ether oxygens (including phenoxy) is 1. The van der Waals surface area contributed by atoms with E-state index in [4.69, 9.17) is 4.74 Å². The molecule has 0 fully saturated rings. The topological polar surface area (TPSA) is 75.2 Å². The first-order valence-corrected chi connectivity index (χ1v) is 9.51. The number of hydrogen-bond donors (Lipinski definition) is 0. The van der Waals surface area contributed by atoms with Crippen molar-refractivity contribution < 1.29 is 9.53 Å². The highest BCUT2D eigenvalue weighted by Crippen LogP contribution is 2.16. The van der Waals surface area contributed by atoms with E-state index in [0.717, 1.165) is 11.1 Å². The summed E-state index contributed by atoms with van der Waals surface area (Å²) in [5, 5.41) is 0.294. The average Bonchev–Trinajstić information content (AvgIpc) is 3.12. The van der Waals surface area contributed by atoms with Crippen LogP contribution in [0.2, 0.25) is 0 Å². The molecule has 0 spiro atoms. The zero-order valence-electron chi connectivity index (χ0n) is 16.7. The number of benzene rings is 2. The van der Waals surface area contributed by atoms with Crippen LogP contribution in [0.5, 0.6) is 0 Å². The van der Waals surface area contributed by atoms with Gasteiger partial charge >= 0.3 is 11.7 Å². The summed E-state index contributed by atoms with van der Waals surface area (Å²) >= 11 is 0. The predicted molar refractivity (Wildman–Crippen MR) is 114 cm³/mol. The van der Waals surface area contributed by atoms with E-state index in [-0.39, 0.29) is 18.8 Å². The fraction of sp³-hybridized carbons (Fsp3) is 0.174. The van der Waals surface area contributed by atoms with Crippen LogP contribution in [0.4, 0.5) is 0 Å². The molecule has 7 heteroatoms. The summed E-state index contributed by atoms with van der Waals surface area (Å²) in [6, 6.07) is 20.1. The molecular weight excluding hydrogens is 382 g/mol. The number of fused-ring (bicyclic) bond motifs is 1. The van der Waals surface area contributed by atoms with Gasteiger partial charge in [-0.2, -0.15) is 0 Å². The molecule has 4 aromatic rings. The van der Waals surface area contributed by atoms with Crippen molar-refractivity contribution in [1.29, 1.82) is 0 Å². The Morgan fingerprint density at radius 3 is 2.10 bits per heavy atom. The van der Waals surface area contributed by atoms with Crippen molar-refractivity contribution in [3.8, 4) is 0 Å². The number of rotatable bonds is 5. The molecule has 2 aromatic heterocycles. The molecule has 0 N–H and O–H groups in total. The highest BCUT2D eigenvalue weighted by Gasteiger charge is 2.21. The van der Waals surface area contributed by atoms with Crippen molar-refractivity contribution in [2.45, 2.75) is 13.2 Å². The number of aromatic nitrogens is 3. The maximum atomic E-state index is 13.1. The Bertz CT molecular complexity index is 1330. The standard InChI is InChI=1S/C23H21N3O4/c1-24-19(22(28)30-15-17-11-7-4-8-12-17)13-18-20(24)25(2)23(29)26(21(18)27)14-16-9-5-3-6-10-16/h3-13H,14-15H2,1-2H3. The third-order valence-corrected chi connectivity index (χ3v) is 5.12. The summed E-state index contributed by atoms with van der Waals surface area (Å²) in [7, 11) is 3.23. The molecule has 0 aliphatic rings. The van der Waals surface area contributed by atoms with Gasteiger partial charge in [0, 0.05) is 14.1 Å². The van der Waals surface area contributed by atoms with Crippen molar-refractivity contribution in [1.82, 2.24) is 13.7 Å². The molecule has 4 rings (SSSR count). The van der Waals surface area contributed by atoms with Crippen LogP contribution in [0.15, 0.2) is 76.3 Å². The van der Waals surface area contributed by atoms with Gasteiger partial charge in [-0.25, -0.2) is 9.59 Å². The predicted octanol–water partition coefficient (Wildman–Crippen LogP) is 2.44. The van der Waals surface area contributed by atoms with E-state index in [1.165, 1.54) is 19.8 Å². The monoisotopic (exact) mass is 403 g/mol. The molecule has 0 radical (unpaired) electrons. The van der Waals surface area contributed by atoms with Gasteiger partial charge in [0.1, 0.15) is 17.9 Å². The Kier molecular flexibility index (Phi) is 5.10. The highest BCUT2D eigenvalue weighted by atomic mass is 16.5.